The van der Waals surface area contributed by atoms with Crippen LogP contribution in [0.2, 0.25) is 0 Å². The van der Waals surface area contributed by atoms with Crippen molar-refractivity contribution in [1.29, 1.82) is 0 Å². The second-order valence-electron chi connectivity index (χ2n) is 4.65. The van der Waals surface area contributed by atoms with E-state index in [1.807, 2.05) is 49.4 Å². The van der Waals surface area contributed by atoms with Crippen molar-refractivity contribution in [3.05, 3.63) is 48.0 Å². The van der Waals surface area contributed by atoms with Gasteiger partial charge in [0.05, 0.1) is 12.8 Å². The van der Waals surface area contributed by atoms with E-state index >= 15 is 0 Å². The number of hydrogen-bond donors (Lipinski definition) is 1. The number of aryl methyl sites for hydroxylation is 1. The fourth-order valence-electron chi connectivity index (χ4n) is 2.15. The molecule has 0 aliphatic carbocycles. The van der Waals surface area contributed by atoms with E-state index in [-0.39, 0.29) is 0 Å². The van der Waals surface area contributed by atoms with Crippen LogP contribution in [-0.2, 0) is 0 Å². The molecule has 0 bridgehead atoms. The summed E-state index contributed by atoms with van der Waals surface area (Å²) in [4.78, 5) is 0. The third kappa shape index (κ3) is 2.31. The number of hydrogen-bond acceptors (Lipinski definition) is 5. The Morgan fingerprint density at radius 2 is 1.95 bits per heavy atom. The molecule has 0 amide bonds. The van der Waals surface area contributed by atoms with Crippen molar-refractivity contribution in [3.63, 3.8) is 0 Å². The average Bonchev–Trinajstić information content (AvgIpc) is 2.99. The number of rotatable bonds is 3. The smallest absolute Gasteiger partial charge is 0.189 e. The van der Waals surface area contributed by atoms with Crippen LogP contribution in [0.4, 0.5) is 5.69 Å². The first-order chi connectivity index (χ1) is 10.2. The van der Waals surface area contributed by atoms with Gasteiger partial charge in [0, 0.05) is 17.3 Å². The number of aromatic nitrogens is 4. The highest BCUT2D eigenvalue weighted by Crippen LogP contribution is 2.28. The summed E-state index contributed by atoms with van der Waals surface area (Å²) in [6.45, 7) is 1.96. The zero-order chi connectivity index (χ0) is 14.8. The third-order valence-electron chi connectivity index (χ3n) is 3.33. The van der Waals surface area contributed by atoms with Gasteiger partial charge in [-0.15, -0.1) is 5.10 Å². The van der Waals surface area contributed by atoms with Gasteiger partial charge >= 0.3 is 0 Å². The van der Waals surface area contributed by atoms with Crippen LogP contribution in [0.1, 0.15) is 5.56 Å². The average molecular weight is 281 g/mol. The standard InChI is InChI=1S/C15H15N5O/c1-10-5-3-8-13(14(10)16)15-17-18-19-20(15)11-6-4-7-12(9-11)21-2/h3-9H,16H2,1-2H3. The molecular weight excluding hydrogens is 266 g/mol. The van der Waals surface area contributed by atoms with Gasteiger partial charge in [0.15, 0.2) is 5.82 Å². The zero-order valence-corrected chi connectivity index (χ0v) is 11.8. The quantitative estimate of drug-likeness (QED) is 0.745. The molecule has 0 saturated carbocycles. The Morgan fingerprint density at radius 3 is 2.76 bits per heavy atom. The minimum atomic E-state index is 0.601. The molecule has 0 atom stereocenters. The normalized spacial score (nSPS) is 10.6. The highest BCUT2D eigenvalue weighted by molar-refractivity contribution is 5.74. The SMILES string of the molecule is COc1cccc(-n2nnnc2-c2cccc(C)c2N)c1. The van der Waals surface area contributed by atoms with Gasteiger partial charge in [0.1, 0.15) is 5.75 Å². The number of nitrogens with zero attached hydrogens (tertiary/aromatic N) is 4. The van der Waals surface area contributed by atoms with Gasteiger partial charge in [0.25, 0.3) is 0 Å². The van der Waals surface area contributed by atoms with Crippen LogP contribution >= 0.6 is 0 Å². The van der Waals surface area contributed by atoms with E-state index in [4.69, 9.17) is 10.5 Å². The monoisotopic (exact) mass is 281 g/mol. The summed E-state index contributed by atoms with van der Waals surface area (Å²) in [6.07, 6.45) is 0. The van der Waals surface area contributed by atoms with Gasteiger partial charge in [-0.05, 0) is 41.1 Å². The van der Waals surface area contributed by atoms with Gasteiger partial charge < -0.3 is 10.5 Å². The first-order valence-corrected chi connectivity index (χ1v) is 6.49. The Hall–Kier alpha value is -2.89. The molecule has 0 aliphatic heterocycles. The lowest BCUT2D eigenvalue weighted by Gasteiger charge is -2.09. The fraction of sp³-hybridized carbons (Fsp3) is 0.133. The van der Waals surface area contributed by atoms with Gasteiger partial charge in [0.2, 0.25) is 0 Å². The Bertz CT molecular complexity index is 781. The van der Waals surface area contributed by atoms with Gasteiger partial charge in [-0.25, -0.2) is 0 Å². The van der Waals surface area contributed by atoms with Crippen molar-refractivity contribution < 1.29 is 4.74 Å². The molecule has 0 fully saturated rings. The molecule has 0 spiro atoms. The lowest BCUT2D eigenvalue weighted by molar-refractivity contribution is 0.414. The molecule has 3 aromatic rings. The lowest BCUT2D eigenvalue weighted by Crippen LogP contribution is -2.02. The van der Waals surface area contributed by atoms with Crippen molar-refractivity contribution in [3.8, 4) is 22.8 Å². The largest absolute Gasteiger partial charge is 0.497 e. The van der Waals surface area contributed by atoms with Crippen LogP contribution in [-0.4, -0.2) is 27.3 Å². The maximum atomic E-state index is 6.14. The van der Waals surface area contributed by atoms with E-state index < -0.39 is 0 Å². The van der Waals surface area contributed by atoms with Gasteiger partial charge in [-0.1, -0.05) is 18.2 Å². The molecule has 0 aliphatic rings. The Labute approximate surface area is 122 Å². The van der Waals surface area contributed by atoms with Crippen molar-refractivity contribution in [1.82, 2.24) is 20.2 Å². The van der Waals surface area contributed by atoms with Crippen LogP contribution in [0.5, 0.6) is 5.75 Å². The van der Waals surface area contributed by atoms with Crippen molar-refractivity contribution in [2.24, 2.45) is 0 Å². The summed E-state index contributed by atoms with van der Waals surface area (Å²) in [6, 6.07) is 13.3. The summed E-state index contributed by atoms with van der Waals surface area (Å²) in [5.74, 6) is 1.34. The Kier molecular flexibility index (Phi) is 3.27. The summed E-state index contributed by atoms with van der Waals surface area (Å²) in [5, 5.41) is 11.9. The summed E-state index contributed by atoms with van der Waals surface area (Å²) < 4.78 is 6.88. The molecule has 6 heteroatoms. The molecule has 0 radical (unpaired) electrons. The number of methoxy groups -OCH3 is 1. The number of benzene rings is 2. The number of nitrogens with two attached hydrogens (primary N) is 1. The topological polar surface area (TPSA) is 78.8 Å². The molecule has 2 N–H and O–H groups in total. The van der Waals surface area contributed by atoms with E-state index in [1.54, 1.807) is 11.8 Å². The minimum Gasteiger partial charge on any atom is -0.497 e. The molecular formula is C15H15N5O. The summed E-state index contributed by atoms with van der Waals surface area (Å²) >= 11 is 0. The van der Waals surface area contributed by atoms with E-state index in [0.29, 0.717) is 11.5 Å². The van der Waals surface area contributed by atoms with Gasteiger partial charge in [-0.3, -0.25) is 0 Å². The lowest BCUT2D eigenvalue weighted by atomic mass is 10.1. The molecule has 0 unspecified atom stereocenters. The maximum Gasteiger partial charge on any atom is 0.189 e. The highest BCUT2D eigenvalue weighted by atomic mass is 16.5. The van der Waals surface area contributed by atoms with Crippen molar-refractivity contribution in [2.45, 2.75) is 6.92 Å². The molecule has 3 rings (SSSR count). The first kappa shape index (κ1) is 13.1. The summed E-state index contributed by atoms with van der Waals surface area (Å²) in [7, 11) is 1.62. The zero-order valence-electron chi connectivity index (χ0n) is 11.8. The Balaban J connectivity index is 2.15. The molecule has 21 heavy (non-hydrogen) atoms. The molecule has 106 valence electrons. The number of tetrazole rings is 1. The molecule has 2 aromatic carbocycles. The van der Waals surface area contributed by atoms with Crippen molar-refractivity contribution in [2.75, 3.05) is 12.8 Å². The van der Waals surface area contributed by atoms with Crippen LogP contribution in [0, 0.1) is 6.92 Å². The maximum absolute atomic E-state index is 6.14. The van der Waals surface area contributed by atoms with Crippen LogP contribution in [0.3, 0.4) is 0 Å². The number of anilines is 1. The van der Waals surface area contributed by atoms with E-state index in [0.717, 1.165) is 22.6 Å². The second-order valence-corrected chi connectivity index (χ2v) is 4.65. The number of nitrogen functional groups attached to an aromatic ring is 1. The van der Waals surface area contributed by atoms with Crippen LogP contribution in [0.15, 0.2) is 42.5 Å². The fourth-order valence-corrected chi connectivity index (χ4v) is 2.15. The summed E-state index contributed by atoms with van der Waals surface area (Å²) in [5.41, 5.74) is 9.44. The molecule has 6 nitrogen and oxygen atoms in total. The minimum absolute atomic E-state index is 0.601. The molecule has 0 saturated heterocycles. The molecule has 1 aromatic heterocycles. The predicted molar refractivity (Wildman–Crippen MR) is 80.3 cm³/mol. The predicted octanol–water partition coefficient (Wildman–Crippen LogP) is 2.23. The van der Waals surface area contributed by atoms with Crippen LogP contribution in [0.25, 0.3) is 17.1 Å². The second kappa shape index (κ2) is 5.24. The molecule has 1 heterocycles. The number of ether oxygens (including phenoxy) is 1. The Morgan fingerprint density at radius 1 is 1.14 bits per heavy atom. The number of para-hydroxylation sites is 1. The van der Waals surface area contributed by atoms with E-state index in [2.05, 4.69) is 15.5 Å². The van der Waals surface area contributed by atoms with Crippen molar-refractivity contribution >= 4 is 5.69 Å². The highest BCUT2D eigenvalue weighted by Gasteiger charge is 2.14. The third-order valence-corrected chi connectivity index (χ3v) is 3.33. The van der Waals surface area contributed by atoms with Gasteiger partial charge in [-0.2, -0.15) is 4.68 Å². The van der Waals surface area contributed by atoms with E-state index in [9.17, 15) is 0 Å². The van der Waals surface area contributed by atoms with Crippen LogP contribution < -0.4 is 10.5 Å². The van der Waals surface area contributed by atoms with E-state index in [1.165, 1.54) is 0 Å². The first-order valence-electron chi connectivity index (χ1n) is 6.49.